The van der Waals surface area contributed by atoms with Crippen molar-refractivity contribution in [3.05, 3.63) is 29.8 Å². The van der Waals surface area contributed by atoms with Gasteiger partial charge in [0, 0.05) is 13.1 Å². The van der Waals surface area contributed by atoms with Gasteiger partial charge in [0.05, 0.1) is 4.90 Å². The highest BCUT2D eigenvalue weighted by atomic mass is 32.2. The molecule has 0 aromatic heterocycles. The molecule has 0 spiro atoms. The van der Waals surface area contributed by atoms with Crippen molar-refractivity contribution in [3.63, 3.8) is 0 Å². The standard InChI is InChI=1S/C17H25N3O4S/c18-17(21)24-15-6-10-20(11-7-15)25(22,23)16-3-1-2-14(12-16)13-4-8-19-9-5-13/h1-3,12-13,15,19H,4-11H2,(H2,18,21). The van der Waals surface area contributed by atoms with Crippen LogP contribution in [0.1, 0.15) is 37.2 Å². The third-order valence-electron chi connectivity index (χ3n) is 4.99. The van der Waals surface area contributed by atoms with Gasteiger partial charge in [0.1, 0.15) is 6.10 Å². The second kappa shape index (κ2) is 7.72. The second-order valence-electron chi connectivity index (χ2n) is 6.64. The number of nitrogens with one attached hydrogen (secondary N) is 1. The molecule has 0 unspecified atom stereocenters. The molecule has 2 aliphatic rings. The summed E-state index contributed by atoms with van der Waals surface area (Å²) < 4.78 is 32.3. The van der Waals surface area contributed by atoms with E-state index in [1.54, 1.807) is 6.07 Å². The maximum atomic E-state index is 12.9. The summed E-state index contributed by atoms with van der Waals surface area (Å²) in [5, 5.41) is 3.33. The van der Waals surface area contributed by atoms with Gasteiger partial charge in [0.25, 0.3) is 0 Å². The third-order valence-corrected chi connectivity index (χ3v) is 6.88. The van der Waals surface area contributed by atoms with Crippen LogP contribution in [-0.2, 0) is 14.8 Å². The van der Waals surface area contributed by atoms with Crippen LogP contribution in [0.25, 0.3) is 0 Å². The summed E-state index contributed by atoms with van der Waals surface area (Å²) in [6.07, 6.45) is 1.88. The van der Waals surface area contributed by atoms with Gasteiger partial charge in [-0.2, -0.15) is 4.31 Å². The summed E-state index contributed by atoms with van der Waals surface area (Å²) in [7, 11) is -3.53. The fourth-order valence-electron chi connectivity index (χ4n) is 3.59. The molecule has 25 heavy (non-hydrogen) atoms. The van der Waals surface area contributed by atoms with Gasteiger partial charge in [0.2, 0.25) is 10.0 Å². The number of hydrogen-bond donors (Lipinski definition) is 2. The van der Waals surface area contributed by atoms with Crippen LogP contribution in [-0.4, -0.2) is 51.1 Å². The van der Waals surface area contributed by atoms with Crippen molar-refractivity contribution in [1.82, 2.24) is 9.62 Å². The average molecular weight is 367 g/mol. The number of benzene rings is 1. The van der Waals surface area contributed by atoms with E-state index in [2.05, 4.69) is 5.32 Å². The van der Waals surface area contributed by atoms with Crippen molar-refractivity contribution in [2.45, 2.75) is 42.6 Å². The van der Waals surface area contributed by atoms with E-state index in [9.17, 15) is 13.2 Å². The fraction of sp³-hybridized carbons (Fsp3) is 0.588. The molecule has 3 N–H and O–H groups in total. The van der Waals surface area contributed by atoms with Crippen LogP contribution < -0.4 is 11.1 Å². The van der Waals surface area contributed by atoms with Crippen molar-refractivity contribution >= 4 is 16.1 Å². The van der Waals surface area contributed by atoms with Crippen LogP contribution in [0.3, 0.4) is 0 Å². The molecule has 1 amide bonds. The first-order chi connectivity index (χ1) is 12.0. The molecule has 1 aromatic carbocycles. The first kappa shape index (κ1) is 18.2. The predicted octanol–water partition coefficient (Wildman–Crippen LogP) is 1.40. The number of amides is 1. The van der Waals surface area contributed by atoms with E-state index in [0.717, 1.165) is 31.5 Å². The molecule has 2 heterocycles. The number of ether oxygens (including phenoxy) is 1. The lowest BCUT2D eigenvalue weighted by Crippen LogP contribution is -2.41. The van der Waals surface area contributed by atoms with E-state index >= 15 is 0 Å². The number of piperidine rings is 2. The van der Waals surface area contributed by atoms with Crippen LogP contribution in [0.4, 0.5) is 4.79 Å². The zero-order chi connectivity index (χ0) is 17.9. The normalized spacial score (nSPS) is 21.1. The van der Waals surface area contributed by atoms with Gasteiger partial charge in [-0.1, -0.05) is 12.1 Å². The average Bonchev–Trinajstić information content (AvgIpc) is 2.62. The molecule has 2 aliphatic heterocycles. The number of sulfonamides is 1. The Bertz CT molecular complexity index is 708. The Morgan fingerprint density at radius 3 is 2.48 bits per heavy atom. The van der Waals surface area contributed by atoms with E-state index < -0.39 is 16.1 Å². The van der Waals surface area contributed by atoms with Gasteiger partial charge in [-0.15, -0.1) is 0 Å². The summed E-state index contributed by atoms with van der Waals surface area (Å²) >= 11 is 0. The van der Waals surface area contributed by atoms with Crippen LogP contribution >= 0.6 is 0 Å². The topological polar surface area (TPSA) is 102 Å². The molecule has 0 bridgehead atoms. The minimum atomic E-state index is -3.53. The molecule has 8 heteroatoms. The summed E-state index contributed by atoms with van der Waals surface area (Å²) in [5.41, 5.74) is 6.12. The highest BCUT2D eigenvalue weighted by Crippen LogP contribution is 2.29. The zero-order valence-electron chi connectivity index (χ0n) is 14.2. The van der Waals surface area contributed by atoms with E-state index in [1.165, 1.54) is 4.31 Å². The molecule has 138 valence electrons. The van der Waals surface area contributed by atoms with Gasteiger partial charge < -0.3 is 15.8 Å². The Hall–Kier alpha value is -1.64. The van der Waals surface area contributed by atoms with Crippen LogP contribution in [0.15, 0.2) is 29.2 Å². The zero-order valence-corrected chi connectivity index (χ0v) is 15.0. The molecular weight excluding hydrogens is 342 g/mol. The van der Waals surface area contributed by atoms with E-state index in [0.29, 0.717) is 36.7 Å². The first-order valence-electron chi connectivity index (χ1n) is 8.74. The third kappa shape index (κ3) is 4.31. The highest BCUT2D eigenvalue weighted by Gasteiger charge is 2.31. The van der Waals surface area contributed by atoms with E-state index in [-0.39, 0.29) is 6.10 Å². The molecule has 7 nitrogen and oxygen atoms in total. The minimum Gasteiger partial charge on any atom is -0.446 e. The molecule has 2 saturated heterocycles. The predicted molar refractivity (Wildman–Crippen MR) is 93.7 cm³/mol. The molecule has 1 aromatic rings. The number of rotatable bonds is 4. The Morgan fingerprint density at radius 2 is 1.84 bits per heavy atom. The fourth-order valence-corrected chi connectivity index (χ4v) is 5.11. The van der Waals surface area contributed by atoms with Crippen molar-refractivity contribution < 1.29 is 17.9 Å². The SMILES string of the molecule is NC(=O)OC1CCN(S(=O)(=O)c2cccc(C3CCNCC3)c2)CC1. The lowest BCUT2D eigenvalue weighted by Gasteiger charge is -2.31. The van der Waals surface area contributed by atoms with Crippen molar-refractivity contribution in [2.75, 3.05) is 26.2 Å². The second-order valence-corrected chi connectivity index (χ2v) is 8.58. The number of hydrogen-bond acceptors (Lipinski definition) is 5. The lowest BCUT2D eigenvalue weighted by atomic mass is 9.90. The van der Waals surface area contributed by atoms with Crippen LogP contribution in [0.2, 0.25) is 0 Å². The highest BCUT2D eigenvalue weighted by molar-refractivity contribution is 7.89. The van der Waals surface area contributed by atoms with E-state index in [1.807, 2.05) is 18.2 Å². The summed E-state index contributed by atoms with van der Waals surface area (Å²) in [6, 6.07) is 7.32. The molecule has 3 rings (SSSR count). The van der Waals surface area contributed by atoms with E-state index in [4.69, 9.17) is 10.5 Å². The van der Waals surface area contributed by atoms with Gasteiger partial charge in [-0.05, 0) is 62.4 Å². The Kier molecular flexibility index (Phi) is 5.61. The quantitative estimate of drug-likeness (QED) is 0.838. The van der Waals surface area contributed by atoms with Gasteiger partial charge in [0.15, 0.2) is 0 Å². The number of carbonyl (C=O) groups is 1. The Labute approximate surface area is 148 Å². The number of carbonyl (C=O) groups excluding carboxylic acids is 1. The maximum Gasteiger partial charge on any atom is 0.404 e. The van der Waals surface area contributed by atoms with Crippen molar-refractivity contribution in [1.29, 1.82) is 0 Å². The molecule has 2 fully saturated rings. The number of nitrogens with zero attached hydrogens (tertiary/aromatic N) is 1. The Morgan fingerprint density at radius 1 is 1.16 bits per heavy atom. The van der Waals surface area contributed by atoms with Crippen LogP contribution in [0.5, 0.6) is 0 Å². The molecular formula is C17H25N3O4S. The number of nitrogens with two attached hydrogens (primary N) is 1. The lowest BCUT2D eigenvalue weighted by molar-refractivity contribution is 0.0741. The Balaban J connectivity index is 1.71. The van der Waals surface area contributed by atoms with Gasteiger partial charge >= 0.3 is 6.09 Å². The minimum absolute atomic E-state index is 0.301. The monoisotopic (exact) mass is 367 g/mol. The molecule has 0 radical (unpaired) electrons. The smallest absolute Gasteiger partial charge is 0.404 e. The van der Waals surface area contributed by atoms with Gasteiger partial charge in [-0.25, -0.2) is 13.2 Å². The molecule has 0 aliphatic carbocycles. The maximum absolute atomic E-state index is 12.9. The van der Waals surface area contributed by atoms with Crippen molar-refractivity contribution in [3.8, 4) is 0 Å². The summed E-state index contributed by atoms with van der Waals surface area (Å²) in [5.74, 6) is 0.408. The first-order valence-corrected chi connectivity index (χ1v) is 10.2. The number of primary amides is 1. The summed E-state index contributed by atoms with van der Waals surface area (Å²) in [4.78, 5) is 11.2. The van der Waals surface area contributed by atoms with Crippen LogP contribution in [0, 0.1) is 0 Å². The van der Waals surface area contributed by atoms with Crippen molar-refractivity contribution in [2.24, 2.45) is 5.73 Å². The molecule has 0 atom stereocenters. The largest absolute Gasteiger partial charge is 0.446 e. The van der Waals surface area contributed by atoms with Gasteiger partial charge in [-0.3, -0.25) is 0 Å². The molecule has 0 saturated carbocycles. The summed E-state index contributed by atoms with van der Waals surface area (Å²) in [6.45, 7) is 2.60.